The standard InChI is InChI=1S/C16H32N2S/c1-4-5-6-7-8-9-10-11-12-13-14-19-16(15-17)18(2)3/h16H,4-14H2,1-3H3. The molecule has 0 aromatic carbocycles. The Bertz CT molecular complexity index is 223. The summed E-state index contributed by atoms with van der Waals surface area (Å²) in [6.45, 7) is 2.27. The van der Waals surface area contributed by atoms with E-state index < -0.39 is 0 Å². The summed E-state index contributed by atoms with van der Waals surface area (Å²) in [6.07, 6.45) is 13.8. The van der Waals surface area contributed by atoms with Crippen molar-refractivity contribution in [2.45, 2.75) is 76.5 Å². The monoisotopic (exact) mass is 284 g/mol. The number of hydrogen-bond acceptors (Lipinski definition) is 3. The topological polar surface area (TPSA) is 27.0 Å². The van der Waals surface area contributed by atoms with Gasteiger partial charge in [-0.25, -0.2) is 0 Å². The summed E-state index contributed by atoms with van der Waals surface area (Å²) in [5.41, 5.74) is 0. The summed E-state index contributed by atoms with van der Waals surface area (Å²) < 4.78 is 0. The third-order valence-corrected chi connectivity index (χ3v) is 4.72. The highest BCUT2D eigenvalue weighted by Crippen LogP contribution is 2.16. The van der Waals surface area contributed by atoms with E-state index in [2.05, 4.69) is 13.0 Å². The van der Waals surface area contributed by atoms with E-state index in [1.165, 1.54) is 64.2 Å². The van der Waals surface area contributed by atoms with Crippen LogP contribution in [0.1, 0.15) is 71.1 Å². The highest BCUT2D eigenvalue weighted by atomic mass is 32.2. The smallest absolute Gasteiger partial charge is 0.144 e. The third kappa shape index (κ3) is 12.6. The lowest BCUT2D eigenvalue weighted by Crippen LogP contribution is -2.23. The van der Waals surface area contributed by atoms with Crippen LogP contribution in [0.2, 0.25) is 0 Å². The Morgan fingerprint density at radius 3 is 1.79 bits per heavy atom. The predicted molar refractivity (Wildman–Crippen MR) is 87.4 cm³/mol. The van der Waals surface area contributed by atoms with E-state index in [0.717, 1.165) is 5.75 Å². The van der Waals surface area contributed by atoms with Crippen molar-refractivity contribution < 1.29 is 0 Å². The van der Waals surface area contributed by atoms with E-state index in [1.807, 2.05) is 19.0 Å². The Kier molecular flexibility index (Phi) is 14.1. The quantitative estimate of drug-likeness (QED) is 0.350. The highest BCUT2D eigenvalue weighted by Gasteiger charge is 2.08. The second-order valence-corrected chi connectivity index (χ2v) is 6.69. The van der Waals surface area contributed by atoms with Crippen LogP contribution in [0.4, 0.5) is 0 Å². The van der Waals surface area contributed by atoms with Crippen LogP contribution in [0, 0.1) is 11.3 Å². The Hall–Kier alpha value is -0.200. The summed E-state index contributed by atoms with van der Waals surface area (Å²) >= 11 is 1.77. The number of nitrogens with zero attached hydrogens (tertiary/aromatic N) is 2. The first-order valence-corrected chi connectivity index (χ1v) is 8.95. The molecule has 0 aromatic heterocycles. The van der Waals surface area contributed by atoms with Gasteiger partial charge in [-0.15, -0.1) is 11.8 Å². The lowest BCUT2D eigenvalue weighted by Gasteiger charge is -2.15. The van der Waals surface area contributed by atoms with Crippen LogP contribution in [-0.2, 0) is 0 Å². The molecule has 3 heteroatoms. The first kappa shape index (κ1) is 18.8. The third-order valence-electron chi connectivity index (χ3n) is 3.35. The van der Waals surface area contributed by atoms with E-state index in [4.69, 9.17) is 5.26 Å². The molecule has 0 amide bonds. The lowest BCUT2D eigenvalue weighted by molar-refractivity contribution is 0.433. The molecule has 0 fully saturated rings. The first-order chi connectivity index (χ1) is 9.22. The Morgan fingerprint density at radius 2 is 1.37 bits per heavy atom. The summed E-state index contributed by atoms with van der Waals surface area (Å²) in [6, 6.07) is 2.33. The molecule has 0 rings (SSSR count). The Labute approximate surface area is 124 Å². The number of rotatable bonds is 13. The number of nitriles is 1. The summed E-state index contributed by atoms with van der Waals surface area (Å²) in [5, 5.41) is 8.97. The number of hydrogen-bond donors (Lipinski definition) is 0. The average molecular weight is 285 g/mol. The van der Waals surface area contributed by atoms with Crippen LogP contribution in [0.25, 0.3) is 0 Å². The molecule has 0 aliphatic carbocycles. The van der Waals surface area contributed by atoms with E-state index >= 15 is 0 Å². The predicted octanol–water partition coefficient (Wildman–Crippen LogP) is 5.05. The molecular weight excluding hydrogens is 252 g/mol. The molecule has 0 saturated carbocycles. The second-order valence-electron chi connectivity index (χ2n) is 5.50. The minimum Gasteiger partial charge on any atom is -0.286 e. The molecule has 1 atom stereocenters. The zero-order valence-electron chi connectivity index (χ0n) is 13.2. The van der Waals surface area contributed by atoms with Crippen molar-refractivity contribution in [1.29, 1.82) is 5.26 Å². The summed E-state index contributed by atoms with van der Waals surface area (Å²) in [7, 11) is 3.94. The van der Waals surface area contributed by atoms with Crippen LogP contribution < -0.4 is 0 Å². The van der Waals surface area contributed by atoms with Crippen molar-refractivity contribution in [1.82, 2.24) is 4.90 Å². The molecule has 1 unspecified atom stereocenters. The zero-order valence-corrected chi connectivity index (χ0v) is 14.0. The average Bonchev–Trinajstić information content (AvgIpc) is 2.40. The van der Waals surface area contributed by atoms with Gasteiger partial charge in [-0.05, 0) is 26.3 Å². The molecule has 0 N–H and O–H groups in total. The maximum Gasteiger partial charge on any atom is 0.144 e. The van der Waals surface area contributed by atoms with Gasteiger partial charge in [-0.1, -0.05) is 64.7 Å². The molecule has 0 radical (unpaired) electrons. The molecule has 0 bridgehead atoms. The molecule has 112 valence electrons. The summed E-state index contributed by atoms with van der Waals surface area (Å²) in [4.78, 5) is 1.99. The van der Waals surface area contributed by atoms with Gasteiger partial charge in [0.05, 0.1) is 6.07 Å². The van der Waals surface area contributed by atoms with E-state index in [-0.39, 0.29) is 5.37 Å². The van der Waals surface area contributed by atoms with Crippen molar-refractivity contribution >= 4 is 11.8 Å². The summed E-state index contributed by atoms with van der Waals surface area (Å²) in [5.74, 6) is 1.12. The molecule has 0 aliphatic rings. The number of thioether (sulfide) groups is 1. The normalized spacial score (nSPS) is 12.6. The van der Waals surface area contributed by atoms with Gasteiger partial charge in [-0.3, -0.25) is 4.90 Å². The molecule has 2 nitrogen and oxygen atoms in total. The van der Waals surface area contributed by atoms with Crippen LogP contribution >= 0.6 is 11.8 Å². The van der Waals surface area contributed by atoms with Crippen molar-refractivity contribution in [3.63, 3.8) is 0 Å². The molecule has 0 spiro atoms. The molecule has 0 aliphatic heterocycles. The van der Waals surface area contributed by atoms with Crippen LogP contribution in [-0.4, -0.2) is 30.1 Å². The van der Waals surface area contributed by atoms with Gasteiger partial charge in [0.15, 0.2) is 0 Å². The zero-order chi connectivity index (χ0) is 14.3. The minimum atomic E-state index is 0.0264. The molecule has 0 aromatic rings. The number of unbranched alkanes of at least 4 members (excludes halogenated alkanes) is 9. The first-order valence-electron chi connectivity index (χ1n) is 7.90. The molecule has 0 heterocycles. The van der Waals surface area contributed by atoms with Gasteiger partial charge in [0.2, 0.25) is 0 Å². The van der Waals surface area contributed by atoms with Crippen LogP contribution in [0.5, 0.6) is 0 Å². The van der Waals surface area contributed by atoms with Crippen molar-refractivity contribution in [3.05, 3.63) is 0 Å². The van der Waals surface area contributed by atoms with Gasteiger partial charge in [0, 0.05) is 0 Å². The van der Waals surface area contributed by atoms with E-state index in [1.54, 1.807) is 11.8 Å². The van der Waals surface area contributed by atoms with Crippen LogP contribution in [0.3, 0.4) is 0 Å². The highest BCUT2D eigenvalue weighted by molar-refractivity contribution is 8.00. The fourth-order valence-corrected chi connectivity index (χ4v) is 3.05. The van der Waals surface area contributed by atoms with Gasteiger partial charge >= 0.3 is 0 Å². The molecule has 0 saturated heterocycles. The minimum absolute atomic E-state index is 0.0264. The Morgan fingerprint density at radius 1 is 0.895 bits per heavy atom. The second kappa shape index (κ2) is 14.2. The lowest BCUT2D eigenvalue weighted by atomic mass is 10.1. The molecule has 19 heavy (non-hydrogen) atoms. The fraction of sp³-hybridized carbons (Fsp3) is 0.938. The van der Waals surface area contributed by atoms with Crippen molar-refractivity contribution in [2.24, 2.45) is 0 Å². The maximum absolute atomic E-state index is 8.95. The van der Waals surface area contributed by atoms with Gasteiger partial charge < -0.3 is 0 Å². The van der Waals surface area contributed by atoms with Gasteiger partial charge in [-0.2, -0.15) is 5.26 Å². The van der Waals surface area contributed by atoms with Crippen LogP contribution in [0.15, 0.2) is 0 Å². The van der Waals surface area contributed by atoms with Gasteiger partial charge in [0.25, 0.3) is 0 Å². The van der Waals surface area contributed by atoms with Crippen molar-refractivity contribution in [2.75, 3.05) is 19.8 Å². The van der Waals surface area contributed by atoms with Gasteiger partial charge in [0.1, 0.15) is 5.37 Å². The van der Waals surface area contributed by atoms with Crippen molar-refractivity contribution in [3.8, 4) is 6.07 Å². The Balaban J connectivity index is 3.17. The maximum atomic E-state index is 8.95. The van der Waals surface area contributed by atoms with E-state index in [9.17, 15) is 0 Å². The largest absolute Gasteiger partial charge is 0.286 e. The van der Waals surface area contributed by atoms with E-state index in [0.29, 0.717) is 0 Å². The SMILES string of the molecule is CCCCCCCCCCCCSC(C#N)N(C)C. The molecular formula is C16H32N2S. The fourth-order valence-electron chi connectivity index (χ4n) is 2.09.